The van der Waals surface area contributed by atoms with Crippen molar-refractivity contribution in [3.8, 4) is 0 Å². The van der Waals surface area contributed by atoms with Gasteiger partial charge in [0.05, 0.1) is 6.61 Å². The van der Waals surface area contributed by atoms with Crippen molar-refractivity contribution in [2.75, 3.05) is 6.61 Å². The van der Waals surface area contributed by atoms with Gasteiger partial charge in [0.15, 0.2) is 6.10 Å². The van der Waals surface area contributed by atoms with Gasteiger partial charge in [-0.05, 0) is 38.0 Å². The van der Waals surface area contributed by atoms with Crippen LogP contribution in [0.3, 0.4) is 0 Å². The molecule has 3 heteroatoms. The van der Waals surface area contributed by atoms with Gasteiger partial charge in [0.2, 0.25) is 0 Å². The van der Waals surface area contributed by atoms with Gasteiger partial charge in [0.1, 0.15) is 5.60 Å². The molecule has 2 saturated carbocycles. The van der Waals surface area contributed by atoms with Crippen LogP contribution < -0.4 is 0 Å². The van der Waals surface area contributed by atoms with Crippen LogP contribution in [0.4, 0.5) is 0 Å². The standard InChI is InChI=1S/C11H16O3/c1-2-13-10(12)9-11(14-9)5-3-4-7-6-8(7)11/h7-9H,2-6H2,1H3. The number of hydrogen-bond acceptors (Lipinski definition) is 3. The van der Waals surface area contributed by atoms with Gasteiger partial charge in [-0.1, -0.05) is 6.42 Å². The highest BCUT2D eigenvalue weighted by molar-refractivity contribution is 5.79. The van der Waals surface area contributed by atoms with Crippen molar-refractivity contribution in [1.29, 1.82) is 0 Å². The van der Waals surface area contributed by atoms with Crippen LogP contribution in [0.5, 0.6) is 0 Å². The van der Waals surface area contributed by atoms with E-state index in [2.05, 4.69) is 0 Å². The molecule has 3 aliphatic rings. The highest BCUT2D eigenvalue weighted by Crippen LogP contribution is 2.64. The minimum Gasteiger partial charge on any atom is -0.464 e. The maximum atomic E-state index is 11.5. The second-order valence-electron chi connectivity index (χ2n) is 4.70. The largest absolute Gasteiger partial charge is 0.464 e. The second-order valence-corrected chi connectivity index (χ2v) is 4.70. The summed E-state index contributed by atoms with van der Waals surface area (Å²) in [6, 6.07) is 0. The SMILES string of the molecule is CCOC(=O)C1OC12CCCC1CC12. The van der Waals surface area contributed by atoms with Gasteiger partial charge in [-0.15, -0.1) is 0 Å². The van der Waals surface area contributed by atoms with E-state index < -0.39 is 0 Å². The minimum atomic E-state index is -0.224. The molecule has 4 atom stereocenters. The third-order valence-corrected chi connectivity index (χ3v) is 3.92. The summed E-state index contributed by atoms with van der Waals surface area (Å²) in [6.07, 6.45) is 4.67. The first-order valence-electron chi connectivity index (χ1n) is 5.62. The normalized spacial score (nSPS) is 48.5. The maximum Gasteiger partial charge on any atom is 0.338 e. The molecular weight excluding hydrogens is 180 g/mol. The lowest BCUT2D eigenvalue weighted by Gasteiger charge is -2.17. The molecule has 0 aromatic carbocycles. The van der Waals surface area contributed by atoms with Crippen molar-refractivity contribution in [3.05, 3.63) is 0 Å². The molecule has 0 amide bonds. The molecule has 1 aliphatic heterocycles. The van der Waals surface area contributed by atoms with Gasteiger partial charge >= 0.3 is 5.97 Å². The van der Waals surface area contributed by atoms with Gasteiger partial charge < -0.3 is 9.47 Å². The first-order valence-corrected chi connectivity index (χ1v) is 5.62. The maximum absolute atomic E-state index is 11.5. The first-order chi connectivity index (χ1) is 6.78. The lowest BCUT2D eigenvalue weighted by Crippen LogP contribution is -2.27. The van der Waals surface area contributed by atoms with E-state index in [1.807, 2.05) is 6.92 Å². The highest BCUT2D eigenvalue weighted by Gasteiger charge is 2.72. The number of fused-ring (bicyclic) bond motifs is 2. The molecule has 1 saturated heterocycles. The van der Waals surface area contributed by atoms with Gasteiger partial charge in [0.25, 0.3) is 0 Å². The van der Waals surface area contributed by atoms with E-state index in [9.17, 15) is 4.79 Å². The monoisotopic (exact) mass is 196 g/mol. The number of hydrogen-bond donors (Lipinski definition) is 0. The molecule has 78 valence electrons. The molecule has 0 bridgehead atoms. The summed E-state index contributed by atoms with van der Waals surface area (Å²) in [7, 11) is 0. The lowest BCUT2D eigenvalue weighted by molar-refractivity contribution is -0.144. The van der Waals surface area contributed by atoms with Crippen LogP contribution in [0.2, 0.25) is 0 Å². The van der Waals surface area contributed by atoms with E-state index in [4.69, 9.17) is 9.47 Å². The van der Waals surface area contributed by atoms with E-state index in [1.165, 1.54) is 19.3 Å². The molecule has 3 nitrogen and oxygen atoms in total. The molecule has 1 spiro atoms. The van der Waals surface area contributed by atoms with Crippen LogP contribution in [0.1, 0.15) is 32.6 Å². The van der Waals surface area contributed by atoms with Crippen molar-refractivity contribution in [1.82, 2.24) is 0 Å². The second kappa shape index (κ2) is 2.72. The molecule has 2 aliphatic carbocycles. The Morgan fingerprint density at radius 3 is 3.29 bits per heavy atom. The molecule has 0 N–H and O–H groups in total. The molecular formula is C11H16O3. The van der Waals surface area contributed by atoms with Crippen LogP contribution in [0, 0.1) is 11.8 Å². The Kier molecular flexibility index (Phi) is 1.69. The summed E-state index contributed by atoms with van der Waals surface area (Å²) in [6.45, 7) is 2.30. The Balaban J connectivity index is 1.67. The fourth-order valence-electron chi connectivity index (χ4n) is 3.11. The number of carbonyl (C=O) groups is 1. The zero-order chi connectivity index (χ0) is 9.76. The lowest BCUT2D eigenvalue weighted by atomic mass is 9.86. The van der Waals surface area contributed by atoms with Gasteiger partial charge in [0, 0.05) is 0 Å². The quantitative estimate of drug-likeness (QED) is 0.496. The van der Waals surface area contributed by atoms with Crippen molar-refractivity contribution in [2.24, 2.45) is 11.8 Å². The summed E-state index contributed by atoms with van der Waals surface area (Å²) < 4.78 is 10.6. The average molecular weight is 196 g/mol. The molecule has 3 fully saturated rings. The van der Waals surface area contributed by atoms with Crippen LogP contribution in [0.15, 0.2) is 0 Å². The Morgan fingerprint density at radius 1 is 1.64 bits per heavy atom. The molecule has 0 radical (unpaired) electrons. The summed E-state index contributed by atoms with van der Waals surface area (Å²) in [5.41, 5.74) is -0.0742. The number of epoxide rings is 1. The van der Waals surface area contributed by atoms with E-state index in [1.54, 1.807) is 0 Å². The fourth-order valence-corrected chi connectivity index (χ4v) is 3.11. The first kappa shape index (κ1) is 8.72. The van der Waals surface area contributed by atoms with Gasteiger partial charge in [-0.3, -0.25) is 0 Å². The average Bonchev–Trinajstić information content (AvgIpc) is 3.00. The van der Waals surface area contributed by atoms with Crippen LogP contribution >= 0.6 is 0 Å². The minimum absolute atomic E-state index is 0.0742. The molecule has 1 heterocycles. The van der Waals surface area contributed by atoms with Crippen molar-refractivity contribution in [2.45, 2.75) is 44.3 Å². The van der Waals surface area contributed by atoms with Gasteiger partial charge in [-0.25, -0.2) is 4.79 Å². The summed E-state index contributed by atoms with van der Waals surface area (Å²) in [4.78, 5) is 11.5. The van der Waals surface area contributed by atoms with Crippen molar-refractivity contribution < 1.29 is 14.3 Å². The van der Waals surface area contributed by atoms with E-state index in [-0.39, 0.29) is 17.7 Å². The van der Waals surface area contributed by atoms with E-state index >= 15 is 0 Å². The number of rotatable bonds is 2. The number of carbonyl (C=O) groups excluding carboxylic acids is 1. The van der Waals surface area contributed by atoms with Crippen LogP contribution in [-0.4, -0.2) is 24.3 Å². The number of esters is 1. The topological polar surface area (TPSA) is 38.8 Å². The zero-order valence-corrected chi connectivity index (χ0v) is 8.49. The Bertz CT molecular complexity index is 276. The Morgan fingerprint density at radius 2 is 2.50 bits per heavy atom. The third kappa shape index (κ3) is 1.05. The van der Waals surface area contributed by atoms with E-state index in [0.717, 1.165) is 12.3 Å². The Hall–Kier alpha value is -0.570. The molecule has 3 rings (SSSR count). The Labute approximate surface area is 83.8 Å². The van der Waals surface area contributed by atoms with Crippen LogP contribution in [0.25, 0.3) is 0 Å². The molecule has 0 aromatic rings. The van der Waals surface area contributed by atoms with Crippen LogP contribution in [-0.2, 0) is 14.3 Å². The fraction of sp³-hybridized carbons (Fsp3) is 0.909. The third-order valence-electron chi connectivity index (χ3n) is 3.92. The molecule has 14 heavy (non-hydrogen) atoms. The molecule has 0 aromatic heterocycles. The number of ether oxygens (including phenoxy) is 2. The summed E-state index contributed by atoms with van der Waals surface area (Å²) >= 11 is 0. The van der Waals surface area contributed by atoms with Crippen molar-refractivity contribution >= 4 is 5.97 Å². The summed E-state index contributed by atoms with van der Waals surface area (Å²) in [5, 5.41) is 0. The van der Waals surface area contributed by atoms with E-state index in [0.29, 0.717) is 12.5 Å². The molecule has 4 unspecified atom stereocenters. The summed E-state index contributed by atoms with van der Waals surface area (Å²) in [5.74, 6) is 1.38. The zero-order valence-electron chi connectivity index (χ0n) is 8.49. The predicted octanol–water partition coefficient (Wildman–Crippen LogP) is 1.51. The van der Waals surface area contributed by atoms with Gasteiger partial charge in [-0.2, -0.15) is 0 Å². The highest BCUT2D eigenvalue weighted by atomic mass is 16.7. The smallest absolute Gasteiger partial charge is 0.338 e. The predicted molar refractivity (Wildman–Crippen MR) is 49.7 cm³/mol. The van der Waals surface area contributed by atoms with Crippen molar-refractivity contribution in [3.63, 3.8) is 0 Å².